The van der Waals surface area contributed by atoms with Gasteiger partial charge in [0.2, 0.25) is 0 Å². The van der Waals surface area contributed by atoms with E-state index in [0.29, 0.717) is 4.75 Å². The highest BCUT2D eigenvalue weighted by Crippen LogP contribution is 2.42. The van der Waals surface area contributed by atoms with Gasteiger partial charge in [-0.15, -0.1) is 0 Å². The van der Waals surface area contributed by atoms with E-state index >= 15 is 0 Å². The zero-order chi connectivity index (χ0) is 9.73. The number of hydrogen-bond acceptors (Lipinski definition) is 2. The van der Waals surface area contributed by atoms with Crippen molar-refractivity contribution in [1.82, 2.24) is 5.32 Å². The average molecular weight is 201 g/mol. The van der Waals surface area contributed by atoms with Gasteiger partial charge in [-0.3, -0.25) is 0 Å². The van der Waals surface area contributed by atoms with Gasteiger partial charge in [0.05, 0.1) is 0 Å². The molecule has 0 saturated heterocycles. The highest BCUT2D eigenvalue weighted by Gasteiger charge is 2.35. The van der Waals surface area contributed by atoms with Crippen molar-refractivity contribution in [2.45, 2.75) is 44.3 Å². The summed E-state index contributed by atoms with van der Waals surface area (Å²) in [5.74, 6) is 0.832. The van der Waals surface area contributed by atoms with E-state index < -0.39 is 0 Å². The Kier molecular flexibility index (Phi) is 4.60. The van der Waals surface area contributed by atoms with E-state index in [2.05, 4.69) is 37.2 Å². The van der Waals surface area contributed by atoms with Gasteiger partial charge in [-0.2, -0.15) is 11.8 Å². The predicted molar refractivity (Wildman–Crippen MR) is 62.4 cm³/mol. The molecule has 1 saturated carbocycles. The van der Waals surface area contributed by atoms with Crippen molar-refractivity contribution in [3.05, 3.63) is 0 Å². The first-order valence-electron chi connectivity index (χ1n) is 5.48. The Labute approximate surface area is 87.1 Å². The highest BCUT2D eigenvalue weighted by atomic mass is 32.2. The molecule has 0 aromatic rings. The lowest BCUT2D eigenvalue weighted by atomic mass is 9.84. The molecule has 1 rings (SSSR count). The summed E-state index contributed by atoms with van der Waals surface area (Å²) in [6.07, 6.45) is 7.82. The summed E-state index contributed by atoms with van der Waals surface area (Å²) in [4.78, 5) is 0. The highest BCUT2D eigenvalue weighted by molar-refractivity contribution is 8.00. The Bertz CT molecular complexity index is 138. The van der Waals surface area contributed by atoms with Crippen molar-refractivity contribution in [2.75, 3.05) is 19.3 Å². The molecule has 0 aromatic carbocycles. The molecule has 0 bridgehead atoms. The van der Waals surface area contributed by atoms with Crippen molar-refractivity contribution in [3.63, 3.8) is 0 Å². The van der Waals surface area contributed by atoms with Crippen LogP contribution < -0.4 is 5.32 Å². The first kappa shape index (κ1) is 11.4. The second-order valence-electron chi connectivity index (χ2n) is 4.39. The van der Waals surface area contributed by atoms with Gasteiger partial charge in [-0.05, 0) is 31.6 Å². The number of nitrogens with one attached hydrogen (secondary N) is 1. The van der Waals surface area contributed by atoms with E-state index in [1.807, 2.05) is 0 Å². The molecule has 0 spiro atoms. The van der Waals surface area contributed by atoms with E-state index in [1.54, 1.807) is 0 Å². The summed E-state index contributed by atoms with van der Waals surface area (Å²) in [7, 11) is 0. The van der Waals surface area contributed by atoms with Crippen molar-refractivity contribution in [1.29, 1.82) is 0 Å². The molecule has 78 valence electrons. The van der Waals surface area contributed by atoms with Crippen LogP contribution in [0.25, 0.3) is 0 Å². The number of hydrogen-bond donors (Lipinski definition) is 1. The van der Waals surface area contributed by atoms with Crippen molar-refractivity contribution >= 4 is 11.8 Å². The first-order valence-corrected chi connectivity index (χ1v) is 6.71. The Morgan fingerprint density at radius 1 is 1.46 bits per heavy atom. The minimum absolute atomic E-state index is 0.605. The molecule has 0 aliphatic heterocycles. The van der Waals surface area contributed by atoms with Crippen LogP contribution in [0.2, 0.25) is 0 Å². The van der Waals surface area contributed by atoms with Crippen LogP contribution in [-0.4, -0.2) is 24.1 Å². The van der Waals surface area contributed by atoms with E-state index in [-0.39, 0.29) is 0 Å². The van der Waals surface area contributed by atoms with Gasteiger partial charge in [-0.25, -0.2) is 0 Å². The third kappa shape index (κ3) is 3.17. The van der Waals surface area contributed by atoms with Crippen LogP contribution in [0.1, 0.15) is 39.5 Å². The topological polar surface area (TPSA) is 12.0 Å². The lowest BCUT2D eigenvalue weighted by Gasteiger charge is -2.40. The molecule has 1 N–H and O–H groups in total. The van der Waals surface area contributed by atoms with Crippen LogP contribution in [0, 0.1) is 5.92 Å². The summed E-state index contributed by atoms with van der Waals surface area (Å²) in [6, 6.07) is 0. The molecule has 0 heterocycles. The van der Waals surface area contributed by atoms with E-state index in [4.69, 9.17) is 0 Å². The van der Waals surface area contributed by atoms with Gasteiger partial charge in [0, 0.05) is 11.3 Å². The third-order valence-corrected chi connectivity index (χ3v) is 4.75. The Morgan fingerprint density at radius 3 is 2.54 bits per heavy atom. The molecular weight excluding hydrogens is 178 g/mol. The second kappa shape index (κ2) is 5.26. The molecule has 1 atom stereocenters. The second-order valence-corrected chi connectivity index (χ2v) is 5.66. The molecule has 0 radical (unpaired) electrons. The fraction of sp³-hybridized carbons (Fsp3) is 1.00. The fourth-order valence-electron chi connectivity index (χ4n) is 1.71. The molecular formula is C11H23NS. The van der Waals surface area contributed by atoms with Crippen LogP contribution in [0.4, 0.5) is 0 Å². The molecule has 0 amide bonds. The van der Waals surface area contributed by atoms with Crippen LogP contribution in [0.3, 0.4) is 0 Å². The molecule has 1 aliphatic rings. The molecule has 1 fully saturated rings. The van der Waals surface area contributed by atoms with Crippen molar-refractivity contribution < 1.29 is 0 Å². The van der Waals surface area contributed by atoms with Crippen LogP contribution in [0.15, 0.2) is 0 Å². The van der Waals surface area contributed by atoms with Gasteiger partial charge in [-0.1, -0.05) is 26.7 Å². The summed E-state index contributed by atoms with van der Waals surface area (Å²) < 4.78 is 0.605. The maximum absolute atomic E-state index is 3.61. The molecule has 2 heteroatoms. The minimum atomic E-state index is 0.605. The summed E-state index contributed by atoms with van der Waals surface area (Å²) in [6.45, 7) is 7.00. The van der Waals surface area contributed by atoms with Gasteiger partial charge < -0.3 is 5.32 Å². The monoisotopic (exact) mass is 201 g/mol. The first-order chi connectivity index (χ1) is 6.22. The average Bonchev–Trinajstić information content (AvgIpc) is 2.09. The Morgan fingerprint density at radius 2 is 2.15 bits per heavy atom. The molecule has 1 aliphatic carbocycles. The van der Waals surface area contributed by atoms with E-state index in [1.165, 1.54) is 38.8 Å². The summed E-state index contributed by atoms with van der Waals surface area (Å²) in [5, 5.41) is 3.61. The smallest absolute Gasteiger partial charge is 0.0281 e. The SMILES string of the molecule is CCC(C)CNCC1(SC)CCC1. The zero-order valence-corrected chi connectivity index (χ0v) is 10.0. The largest absolute Gasteiger partial charge is 0.315 e. The molecule has 1 nitrogen and oxygen atoms in total. The minimum Gasteiger partial charge on any atom is -0.315 e. The number of thioether (sulfide) groups is 1. The van der Waals surface area contributed by atoms with Crippen LogP contribution >= 0.6 is 11.8 Å². The van der Waals surface area contributed by atoms with Crippen LogP contribution in [0.5, 0.6) is 0 Å². The van der Waals surface area contributed by atoms with E-state index in [9.17, 15) is 0 Å². The third-order valence-electron chi connectivity index (χ3n) is 3.33. The van der Waals surface area contributed by atoms with Crippen LogP contribution in [-0.2, 0) is 0 Å². The molecule has 1 unspecified atom stereocenters. The summed E-state index contributed by atoms with van der Waals surface area (Å²) in [5.41, 5.74) is 0. The maximum Gasteiger partial charge on any atom is 0.0281 e. The molecule has 0 aromatic heterocycles. The van der Waals surface area contributed by atoms with Crippen molar-refractivity contribution in [3.8, 4) is 0 Å². The lowest BCUT2D eigenvalue weighted by molar-refractivity contribution is 0.336. The quantitative estimate of drug-likeness (QED) is 0.709. The predicted octanol–water partition coefficient (Wildman–Crippen LogP) is 2.91. The lowest BCUT2D eigenvalue weighted by Crippen LogP contribution is -2.44. The van der Waals surface area contributed by atoms with Gasteiger partial charge in [0.15, 0.2) is 0 Å². The fourth-order valence-corrected chi connectivity index (χ4v) is 2.66. The molecule has 13 heavy (non-hydrogen) atoms. The van der Waals surface area contributed by atoms with E-state index in [0.717, 1.165) is 5.92 Å². The maximum atomic E-state index is 3.61. The number of rotatable bonds is 6. The Balaban J connectivity index is 2.10. The standard InChI is InChI=1S/C11H23NS/c1-4-10(2)8-12-9-11(13-3)6-5-7-11/h10,12H,4-9H2,1-3H3. The summed E-state index contributed by atoms with van der Waals surface area (Å²) >= 11 is 2.06. The van der Waals surface area contributed by atoms with Gasteiger partial charge in [0.1, 0.15) is 0 Å². The zero-order valence-electron chi connectivity index (χ0n) is 9.23. The Hall–Kier alpha value is 0.310. The van der Waals surface area contributed by atoms with Crippen molar-refractivity contribution in [2.24, 2.45) is 5.92 Å². The van der Waals surface area contributed by atoms with Gasteiger partial charge in [0.25, 0.3) is 0 Å². The van der Waals surface area contributed by atoms with Gasteiger partial charge >= 0.3 is 0 Å². The normalized spacial score (nSPS) is 22.4.